The zero-order chi connectivity index (χ0) is 13.5. The number of methoxy groups -OCH3 is 1. The number of hydrogen-bond acceptors (Lipinski definition) is 4. The Morgan fingerprint density at radius 1 is 1.33 bits per heavy atom. The van der Waals surface area contributed by atoms with E-state index >= 15 is 0 Å². The molecular formula is C11H10ClNO4S. The first-order valence-electron chi connectivity index (χ1n) is 4.94. The number of hydrogen-bond donors (Lipinski definition) is 0. The van der Waals surface area contributed by atoms with E-state index in [0.717, 1.165) is 10.2 Å². The van der Waals surface area contributed by atoms with Gasteiger partial charge in [0.05, 0.1) is 18.9 Å². The van der Waals surface area contributed by atoms with Gasteiger partial charge in [-0.25, -0.2) is 17.2 Å². The maximum atomic E-state index is 11.8. The van der Waals surface area contributed by atoms with Crippen LogP contribution in [0.3, 0.4) is 0 Å². The molecule has 0 bridgehead atoms. The average Bonchev–Trinajstić information content (AvgIpc) is 2.65. The van der Waals surface area contributed by atoms with Gasteiger partial charge in [0.25, 0.3) is 0 Å². The molecule has 0 N–H and O–H groups in total. The molecule has 0 aliphatic carbocycles. The van der Waals surface area contributed by atoms with E-state index in [9.17, 15) is 13.2 Å². The second-order valence-electron chi connectivity index (χ2n) is 3.75. The zero-order valence-corrected chi connectivity index (χ0v) is 11.2. The maximum Gasteiger partial charge on any atom is 0.355 e. The summed E-state index contributed by atoms with van der Waals surface area (Å²) >= 11 is 5.84. The lowest BCUT2D eigenvalue weighted by Crippen LogP contribution is -2.17. The van der Waals surface area contributed by atoms with Crippen LogP contribution in [0.4, 0.5) is 0 Å². The van der Waals surface area contributed by atoms with E-state index in [2.05, 4.69) is 4.74 Å². The fraction of sp³-hybridized carbons (Fsp3) is 0.182. The van der Waals surface area contributed by atoms with Crippen LogP contribution in [0.25, 0.3) is 10.9 Å². The van der Waals surface area contributed by atoms with Crippen molar-refractivity contribution in [2.45, 2.75) is 0 Å². The topological polar surface area (TPSA) is 65.4 Å². The number of halogens is 1. The van der Waals surface area contributed by atoms with Gasteiger partial charge in [0, 0.05) is 10.4 Å². The summed E-state index contributed by atoms with van der Waals surface area (Å²) in [6, 6.07) is 6.21. The van der Waals surface area contributed by atoms with Crippen LogP contribution >= 0.6 is 11.6 Å². The van der Waals surface area contributed by atoms with Crippen molar-refractivity contribution >= 4 is 38.5 Å². The standard InChI is InChI=1S/C11H10ClNO4S/c1-17-11(14)10-5-7-3-4-8(12)6-9(7)13(10)18(2,15)16/h3-6H,1-2H3. The first-order valence-corrected chi connectivity index (χ1v) is 7.17. The number of nitrogens with zero attached hydrogens (tertiary/aromatic N) is 1. The van der Waals surface area contributed by atoms with Gasteiger partial charge in [-0.3, -0.25) is 0 Å². The van der Waals surface area contributed by atoms with Crippen molar-refractivity contribution < 1.29 is 17.9 Å². The number of carbonyl (C=O) groups is 1. The van der Waals surface area contributed by atoms with E-state index in [1.54, 1.807) is 12.1 Å². The van der Waals surface area contributed by atoms with Gasteiger partial charge < -0.3 is 4.74 Å². The van der Waals surface area contributed by atoms with Crippen LogP contribution in [0.2, 0.25) is 5.02 Å². The van der Waals surface area contributed by atoms with Crippen LogP contribution in [-0.2, 0) is 14.8 Å². The Morgan fingerprint density at radius 2 is 2.00 bits per heavy atom. The van der Waals surface area contributed by atoms with E-state index in [-0.39, 0.29) is 5.69 Å². The van der Waals surface area contributed by atoms with Crippen LogP contribution < -0.4 is 0 Å². The molecule has 1 aromatic heterocycles. The van der Waals surface area contributed by atoms with Gasteiger partial charge in [0.2, 0.25) is 10.0 Å². The Balaban J connectivity index is 2.91. The predicted molar refractivity (Wildman–Crippen MR) is 68.5 cm³/mol. The monoisotopic (exact) mass is 287 g/mol. The molecule has 0 saturated heterocycles. The van der Waals surface area contributed by atoms with E-state index in [4.69, 9.17) is 11.6 Å². The second kappa shape index (κ2) is 4.29. The minimum Gasteiger partial charge on any atom is -0.464 e. The van der Waals surface area contributed by atoms with Crippen LogP contribution in [0.5, 0.6) is 0 Å². The third kappa shape index (κ3) is 2.09. The molecule has 5 nitrogen and oxygen atoms in total. The fourth-order valence-electron chi connectivity index (χ4n) is 1.75. The normalized spacial score (nSPS) is 11.7. The predicted octanol–water partition coefficient (Wildman–Crippen LogP) is 1.89. The number of benzene rings is 1. The molecule has 0 fully saturated rings. The molecule has 0 amide bonds. The van der Waals surface area contributed by atoms with Crippen molar-refractivity contribution in [2.24, 2.45) is 0 Å². The van der Waals surface area contributed by atoms with Crippen LogP contribution in [0.1, 0.15) is 10.5 Å². The van der Waals surface area contributed by atoms with Gasteiger partial charge in [-0.15, -0.1) is 0 Å². The molecule has 96 valence electrons. The average molecular weight is 288 g/mol. The van der Waals surface area contributed by atoms with E-state index in [0.29, 0.717) is 15.9 Å². The Labute approximate surface area is 109 Å². The van der Waals surface area contributed by atoms with Crippen LogP contribution in [-0.4, -0.2) is 31.7 Å². The Hall–Kier alpha value is -1.53. The molecule has 0 radical (unpaired) electrons. The lowest BCUT2D eigenvalue weighted by atomic mass is 10.2. The van der Waals surface area contributed by atoms with Crippen molar-refractivity contribution in [1.29, 1.82) is 0 Å². The molecule has 0 aliphatic rings. The third-order valence-corrected chi connectivity index (χ3v) is 3.74. The summed E-state index contributed by atoms with van der Waals surface area (Å²) in [5.41, 5.74) is 0.308. The maximum absolute atomic E-state index is 11.8. The lowest BCUT2D eigenvalue weighted by molar-refractivity contribution is 0.0593. The summed E-state index contributed by atoms with van der Waals surface area (Å²) in [6.45, 7) is 0. The number of rotatable bonds is 2. The summed E-state index contributed by atoms with van der Waals surface area (Å²) in [5.74, 6) is -0.715. The van der Waals surface area contributed by atoms with Crippen LogP contribution in [0.15, 0.2) is 24.3 Å². The first-order chi connectivity index (χ1) is 8.34. The molecule has 0 aliphatic heterocycles. The van der Waals surface area contributed by atoms with Gasteiger partial charge >= 0.3 is 5.97 Å². The van der Waals surface area contributed by atoms with Crippen molar-refractivity contribution in [1.82, 2.24) is 3.97 Å². The highest BCUT2D eigenvalue weighted by atomic mass is 35.5. The van der Waals surface area contributed by atoms with Crippen molar-refractivity contribution in [3.05, 3.63) is 35.0 Å². The smallest absolute Gasteiger partial charge is 0.355 e. The van der Waals surface area contributed by atoms with E-state index in [1.165, 1.54) is 19.2 Å². The zero-order valence-electron chi connectivity index (χ0n) is 9.68. The summed E-state index contributed by atoms with van der Waals surface area (Å²) in [5, 5.41) is 0.993. The molecule has 0 saturated carbocycles. The van der Waals surface area contributed by atoms with Crippen molar-refractivity contribution in [3.8, 4) is 0 Å². The SMILES string of the molecule is COC(=O)c1cc2ccc(Cl)cc2n1S(C)(=O)=O. The first kappa shape index (κ1) is 12.9. The highest BCUT2D eigenvalue weighted by molar-refractivity contribution is 7.89. The van der Waals surface area contributed by atoms with Gasteiger partial charge in [-0.1, -0.05) is 17.7 Å². The highest BCUT2D eigenvalue weighted by Crippen LogP contribution is 2.25. The molecule has 1 aromatic carbocycles. The minimum absolute atomic E-state index is 0.0442. The summed E-state index contributed by atoms with van der Waals surface area (Å²) < 4.78 is 29.1. The highest BCUT2D eigenvalue weighted by Gasteiger charge is 2.22. The van der Waals surface area contributed by atoms with E-state index in [1.807, 2.05) is 0 Å². The molecule has 18 heavy (non-hydrogen) atoms. The Morgan fingerprint density at radius 3 is 2.56 bits per heavy atom. The molecule has 0 spiro atoms. The summed E-state index contributed by atoms with van der Waals surface area (Å²) in [4.78, 5) is 11.6. The fourth-order valence-corrected chi connectivity index (χ4v) is 2.92. The minimum atomic E-state index is -3.63. The molecule has 2 rings (SSSR count). The van der Waals surface area contributed by atoms with Gasteiger partial charge in [-0.05, 0) is 18.2 Å². The number of ether oxygens (including phenoxy) is 1. The largest absolute Gasteiger partial charge is 0.464 e. The Kier molecular flexibility index (Phi) is 3.08. The van der Waals surface area contributed by atoms with Crippen molar-refractivity contribution in [3.63, 3.8) is 0 Å². The van der Waals surface area contributed by atoms with E-state index < -0.39 is 16.0 Å². The lowest BCUT2D eigenvalue weighted by Gasteiger charge is -2.06. The van der Waals surface area contributed by atoms with Crippen LogP contribution in [0, 0.1) is 0 Å². The molecular weight excluding hydrogens is 278 g/mol. The van der Waals surface area contributed by atoms with Gasteiger partial charge in [-0.2, -0.15) is 0 Å². The second-order valence-corrected chi connectivity index (χ2v) is 6.02. The van der Waals surface area contributed by atoms with Gasteiger partial charge in [0.1, 0.15) is 5.69 Å². The molecule has 0 unspecified atom stereocenters. The molecule has 2 aromatic rings. The van der Waals surface area contributed by atoms with Gasteiger partial charge in [0.15, 0.2) is 0 Å². The number of carbonyl (C=O) groups excluding carboxylic acids is 1. The molecule has 1 heterocycles. The summed E-state index contributed by atoms with van der Waals surface area (Å²) in [7, 11) is -2.44. The molecule has 7 heteroatoms. The quantitative estimate of drug-likeness (QED) is 0.791. The van der Waals surface area contributed by atoms with Crippen molar-refractivity contribution in [2.75, 3.05) is 13.4 Å². The third-order valence-electron chi connectivity index (χ3n) is 2.45. The number of aromatic nitrogens is 1. The summed E-state index contributed by atoms with van der Waals surface area (Å²) in [6.07, 6.45) is 1.01. The number of fused-ring (bicyclic) bond motifs is 1. The Bertz CT molecular complexity index is 733. The molecule has 0 atom stereocenters. The number of esters is 1.